The first-order chi connectivity index (χ1) is 14.3. The van der Waals surface area contributed by atoms with Gasteiger partial charge in [0.1, 0.15) is 6.29 Å². The van der Waals surface area contributed by atoms with Gasteiger partial charge in [0.05, 0.1) is 0 Å². The second kappa shape index (κ2) is 7.83. The number of fused-ring (bicyclic) bond motifs is 2. The topological polar surface area (TPSA) is 26.3 Å². The first kappa shape index (κ1) is 23.7. The molecule has 0 N–H and O–H groups in total. The maximum atomic E-state index is 11.6. The molecule has 0 heterocycles. The van der Waals surface area contributed by atoms with Gasteiger partial charge < -0.3 is 9.22 Å². The quantitative estimate of drug-likeness (QED) is 0.237. The van der Waals surface area contributed by atoms with Gasteiger partial charge >= 0.3 is 0 Å². The summed E-state index contributed by atoms with van der Waals surface area (Å²) in [5.74, 6) is 3.06. The second-order valence-electron chi connectivity index (χ2n) is 13.7. The lowest BCUT2D eigenvalue weighted by Gasteiger charge is -2.44. The predicted molar refractivity (Wildman–Crippen MR) is 132 cm³/mol. The third-order valence-electron chi connectivity index (χ3n) is 11.0. The molecule has 0 spiro atoms. The number of aldehydes is 1. The Morgan fingerprint density at radius 3 is 2.52 bits per heavy atom. The number of rotatable bonds is 6. The highest BCUT2D eigenvalue weighted by Crippen LogP contribution is 2.69. The molecule has 1 unspecified atom stereocenters. The van der Waals surface area contributed by atoms with E-state index in [9.17, 15) is 4.79 Å². The van der Waals surface area contributed by atoms with Crippen molar-refractivity contribution in [2.24, 2.45) is 40.4 Å². The fourth-order valence-electron chi connectivity index (χ4n) is 7.94. The molecule has 0 aliphatic heterocycles. The van der Waals surface area contributed by atoms with Gasteiger partial charge in [0.15, 0.2) is 8.32 Å². The molecular formula is C28H48O2Si. The van der Waals surface area contributed by atoms with Crippen molar-refractivity contribution >= 4 is 14.6 Å². The zero-order valence-electron chi connectivity index (χ0n) is 21.6. The Morgan fingerprint density at radius 2 is 1.87 bits per heavy atom. The minimum Gasteiger partial charge on any atom is -0.414 e. The van der Waals surface area contributed by atoms with E-state index in [1.54, 1.807) is 5.57 Å². The molecule has 0 amide bonds. The van der Waals surface area contributed by atoms with Crippen molar-refractivity contribution in [1.29, 1.82) is 0 Å². The van der Waals surface area contributed by atoms with Crippen molar-refractivity contribution in [3.05, 3.63) is 11.6 Å². The van der Waals surface area contributed by atoms with E-state index in [0.29, 0.717) is 39.7 Å². The monoisotopic (exact) mass is 444 g/mol. The Hall–Kier alpha value is -0.413. The van der Waals surface area contributed by atoms with E-state index in [4.69, 9.17) is 4.43 Å². The minimum atomic E-state index is -1.68. The smallest absolute Gasteiger partial charge is 0.192 e. The maximum Gasteiger partial charge on any atom is 0.192 e. The van der Waals surface area contributed by atoms with Crippen molar-refractivity contribution in [1.82, 2.24) is 0 Å². The highest BCUT2D eigenvalue weighted by Gasteiger charge is 2.63. The van der Waals surface area contributed by atoms with E-state index >= 15 is 0 Å². The van der Waals surface area contributed by atoms with Crippen LogP contribution >= 0.6 is 0 Å². The van der Waals surface area contributed by atoms with Gasteiger partial charge in [0.25, 0.3) is 0 Å². The molecule has 0 radical (unpaired) electrons. The van der Waals surface area contributed by atoms with Gasteiger partial charge in [-0.2, -0.15) is 0 Å². The fourth-order valence-corrected chi connectivity index (χ4v) is 9.31. The van der Waals surface area contributed by atoms with Crippen LogP contribution in [-0.2, 0) is 9.22 Å². The number of allylic oxidation sites excluding steroid dienone is 2. The van der Waals surface area contributed by atoms with Gasteiger partial charge in [0, 0.05) is 12.0 Å². The number of hydrogen-bond donors (Lipinski definition) is 0. The van der Waals surface area contributed by atoms with Crippen molar-refractivity contribution in [2.75, 3.05) is 0 Å². The summed E-state index contributed by atoms with van der Waals surface area (Å²) in [4.78, 5) is 11.6. The summed E-state index contributed by atoms with van der Waals surface area (Å²) >= 11 is 0. The van der Waals surface area contributed by atoms with Crippen molar-refractivity contribution in [3.63, 3.8) is 0 Å². The van der Waals surface area contributed by atoms with E-state index in [1.165, 1.54) is 57.7 Å². The molecule has 4 fully saturated rings. The lowest BCUT2D eigenvalue weighted by Crippen LogP contribution is -2.43. The third-order valence-corrected chi connectivity index (χ3v) is 15.5. The molecule has 0 aromatic carbocycles. The standard InChI is InChI=1S/C28H48O2Si/c1-19(18-29)24-11-12-25-21(10-9-13-27(24,25)6)14-20(2)28-16-22(28)15-23(17-28)30-31(7,8)26(3,4)5/h14,18-20,22-25H,9-13,15-17H2,1-8H3/b21-14+/t19-,20-,22?,23+,24-,25+,27-,28-/m1/s1. The van der Waals surface area contributed by atoms with Gasteiger partial charge in [-0.3, -0.25) is 0 Å². The average molecular weight is 445 g/mol. The Balaban J connectivity index is 1.46. The van der Waals surface area contributed by atoms with Crippen LogP contribution in [0.2, 0.25) is 18.1 Å². The first-order valence-corrected chi connectivity index (χ1v) is 16.1. The maximum absolute atomic E-state index is 11.6. The Bertz CT molecular complexity index is 734. The summed E-state index contributed by atoms with van der Waals surface area (Å²) in [6.07, 6.45) is 14.9. The van der Waals surface area contributed by atoms with Crippen LogP contribution in [0.25, 0.3) is 0 Å². The molecule has 0 aromatic rings. The molecule has 176 valence electrons. The van der Waals surface area contributed by atoms with Crippen LogP contribution in [0, 0.1) is 40.4 Å². The zero-order chi connectivity index (χ0) is 22.8. The van der Waals surface area contributed by atoms with Gasteiger partial charge in [-0.15, -0.1) is 0 Å². The van der Waals surface area contributed by atoms with Gasteiger partial charge in [-0.25, -0.2) is 0 Å². The molecule has 4 saturated carbocycles. The Labute approximate surface area is 193 Å². The van der Waals surface area contributed by atoms with Crippen LogP contribution in [0.3, 0.4) is 0 Å². The van der Waals surface area contributed by atoms with Crippen LogP contribution < -0.4 is 0 Å². The first-order valence-electron chi connectivity index (χ1n) is 13.2. The van der Waals surface area contributed by atoms with Crippen molar-refractivity contribution in [2.45, 2.75) is 117 Å². The molecule has 0 bridgehead atoms. The highest BCUT2D eigenvalue weighted by atomic mass is 28.4. The van der Waals surface area contributed by atoms with Gasteiger partial charge in [0.2, 0.25) is 0 Å². The summed E-state index contributed by atoms with van der Waals surface area (Å²) in [5.41, 5.74) is 2.60. The van der Waals surface area contributed by atoms with E-state index in [2.05, 4.69) is 60.7 Å². The molecule has 0 aromatic heterocycles. The molecule has 31 heavy (non-hydrogen) atoms. The van der Waals surface area contributed by atoms with Gasteiger partial charge in [-0.05, 0) is 104 Å². The van der Waals surface area contributed by atoms with Crippen LogP contribution in [0.1, 0.15) is 92.9 Å². The molecule has 4 aliphatic rings. The van der Waals surface area contributed by atoms with E-state index < -0.39 is 8.32 Å². The summed E-state index contributed by atoms with van der Waals surface area (Å²) in [7, 11) is -1.68. The lowest BCUT2D eigenvalue weighted by atomic mass is 9.61. The molecule has 3 heteroatoms. The Kier molecular flexibility index (Phi) is 5.99. The van der Waals surface area contributed by atoms with Crippen LogP contribution in [0.15, 0.2) is 11.6 Å². The van der Waals surface area contributed by atoms with Crippen molar-refractivity contribution < 1.29 is 9.22 Å². The van der Waals surface area contributed by atoms with Gasteiger partial charge in [-0.1, -0.05) is 53.2 Å². The number of carbonyl (C=O) groups is 1. The Morgan fingerprint density at radius 1 is 1.16 bits per heavy atom. The minimum absolute atomic E-state index is 0.209. The zero-order valence-corrected chi connectivity index (χ0v) is 22.6. The summed E-state index contributed by atoms with van der Waals surface area (Å²) in [6.45, 7) is 19.1. The molecule has 4 rings (SSSR count). The summed E-state index contributed by atoms with van der Waals surface area (Å²) in [6, 6.07) is 0. The van der Waals surface area contributed by atoms with Crippen LogP contribution in [0.5, 0.6) is 0 Å². The SMILES string of the molecule is C[C@H](C=O)[C@H]1CC[C@H]2/C(=C/[C@@H](C)[C@]34CC3C[C@H](O[Si](C)(C)C(C)(C)C)C4)CCC[C@]12C. The van der Waals surface area contributed by atoms with E-state index in [0.717, 1.165) is 5.92 Å². The van der Waals surface area contributed by atoms with Crippen molar-refractivity contribution in [3.8, 4) is 0 Å². The molecule has 4 aliphatic carbocycles. The molecule has 0 saturated heterocycles. The summed E-state index contributed by atoms with van der Waals surface area (Å²) in [5, 5.41) is 0.296. The lowest BCUT2D eigenvalue weighted by molar-refractivity contribution is -0.113. The summed E-state index contributed by atoms with van der Waals surface area (Å²) < 4.78 is 6.85. The van der Waals surface area contributed by atoms with Crippen LogP contribution in [0.4, 0.5) is 0 Å². The average Bonchev–Trinajstić information content (AvgIpc) is 3.05. The second-order valence-corrected chi connectivity index (χ2v) is 18.5. The number of hydrogen-bond acceptors (Lipinski definition) is 2. The van der Waals surface area contributed by atoms with E-state index in [-0.39, 0.29) is 5.92 Å². The molecular weight excluding hydrogens is 396 g/mol. The normalized spacial score (nSPS) is 43.4. The third kappa shape index (κ3) is 3.94. The number of carbonyl (C=O) groups excluding carboxylic acids is 1. The van der Waals surface area contributed by atoms with Crippen LogP contribution in [-0.4, -0.2) is 20.7 Å². The largest absolute Gasteiger partial charge is 0.414 e. The fraction of sp³-hybridized carbons (Fsp3) is 0.893. The molecule has 2 nitrogen and oxygen atoms in total. The van der Waals surface area contributed by atoms with E-state index in [1.807, 2.05) is 0 Å². The highest BCUT2D eigenvalue weighted by molar-refractivity contribution is 6.74. The predicted octanol–water partition coefficient (Wildman–Crippen LogP) is 7.79. The molecule has 8 atom stereocenters.